The average molecular weight is 361 g/mol. The molecule has 1 amide bonds. The number of carbonyl (C=O) groups is 2. The van der Waals surface area contributed by atoms with E-state index in [1.54, 1.807) is 18.9 Å². The van der Waals surface area contributed by atoms with Gasteiger partial charge >= 0.3 is 5.97 Å². The second-order valence-corrected chi connectivity index (χ2v) is 6.78. The van der Waals surface area contributed by atoms with E-state index in [0.29, 0.717) is 26.1 Å². The minimum Gasteiger partial charge on any atom is -0.497 e. The van der Waals surface area contributed by atoms with Crippen LogP contribution in [0.4, 0.5) is 0 Å². The van der Waals surface area contributed by atoms with Crippen LogP contribution in [0.5, 0.6) is 5.75 Å². The molecule has 1 aromatic rings. The van der Waals surface area contributed by atoms with Crippen molar-refractivity contribution in [3.8, 4) is 5.75 Å². The number of piperidine rings is 1. The molecule has 3 rings (SSSR count). The quantitative estimate of drug-likeness (QED) is 0.772. The molecule has 2 heterocycles. The number of amides is 1. The Bertz CT molecular complexity index is 634. The van der Waals surface area contributed by atoms with Crippen molar-refractivity contribution in [3.05, 3.63) is 29.8 Å². The molecule has 26 heavy (non-hydrogen) atoms. The lowest BCUT2D eigenvalue weighted by Crippen LogP contribution is -2.50. The monoisotopic (exact) mass is 361 g/mol. The molecule has 0 saturated carbocycles. The lowest BCUT2D eigenvalue weighted by Gasteiger charge is -2.33. The summed E-state index contributed by atoms with van der Waals surface area (Å²) in [5.74, 6) is 0.450. The van der Waals surface area contributed by atoms with Crippen LogP contribution in [0, 0.1) is 5.92 Å². The fraction of sp³-hybridized carbons (Fsp3) is 0.579. The lowest BCUT2D eigenvalue weighted by molar-refractivity contribution is -0.151. The molecule has 0 aromatic heterocycles. The van der Waals surface area contributed by atoms with Gasteiger partial charge in [0.1, 0.15) is 11.8 Å². The minimum absolute atomic E-state index is 0.0440. The van der Waals surface area contributed by atoms with Crippen molar-refractivity contribution in [1.82, 2.24) is 15.8 Å². The second-order valence-electron chi connectivity index (χ2n) is 6.78. The smallest absolute Gasteiger partial charge is 0.310 e. The zero-order valence-electron chi connectivity index (χ0n) is 15.4. The Balaban J connectivity index is 1.57. The standard InChI is InChI=1S/C19H27N3O4/c1-3-26-19(24)14-5-4-10-22(12-14)18(23)17-11-16(20-21-17)13-6-8-15(25-2)9-7-13/h6-9,14,16-17,20-21H,3-5,10-12H2,1-2H3. The SMILES string of the molecule is CCOC(=O)C1CCCN(C(=O)C2CC(c3ccc(OC)cc3)NN2)C1. The molecule has 2 aliphatic heterocycles. The van der Waals surface area contributed by atoms with E-state index in [-0.39, 0.29) is 29.9 Å². The third-order valence-electron chi connectivity index (χ3n) is 5.07. The zero-order chi connectivity index (χ0) is 18.5. The van der Waals surface area contributed by atoms with Crippen molar-refractivity contribution in [1.29, 1.82) is 0 Å². The molecule has 0 aliphatic carbocycles. The fourth-order valence-electron chi connectivity index (χ4n) is 3.62. The highest BCUT2D eigenvalue weighted by atomic mass is 16.5. The van der Waals surface area contributed by atoms with Gasteiger partial charge in [-0.25, -0.2) is 10.9 Å². The molecule has 0 spiro atoms. The van der Waals surface area contributed by atoms with Gasteiger partial charge < -0.3 is 14.4 Å². The summed E-state index contributed by atoms with van der Waals surface area (Å²) in [6.07, 6.45) is 2.29. The van der Waals surface area contributed by atoms with Crippen molar-refractivity contribution >= 4 is 11.9 Å². The molecule has 2 fully saturated rings. The minimum atomic E-state index is -0.289. The summed E-state index contributed by atoms with van der Waals surface area (Å²) < 4.78 is 10.3. The molecule has 2 N–H and O–H groups in total. The first-order valence-corrected chi connectivity index (χ1v) is 9.22. The van der Waals surface area contributed by atoms with Crippen LogP contribution in [0.1, 0.15) is 37.8 Å². The Morgan fingerprint density at radius 3 is 2.69 bits per heavy atom. The average Bonchev–Trinajstić information content (AvgIpc) is 3.18. The molecule has 7 nitrogen and oxygen atoms in total. The van der Waals surface area contributed by atoms with Crippen LogP contribution in [0.15, 0.2) is 24.3 Å². The van der Waals surface area contributed by atoms with Gasteiger partial charge in [0.25, 0.3) is 0 Å². The molecule has 3 atom stereocenters. The van der Waals surface area contributed by atoms with E-state index >= 15 is 0 Å². The van der Waals surface area contributed by atoms with Crippen molar-refractivity contribution < 1.29 is 19.1 Å². The summed E-state index contributed by atoms with van der Waals surface area (Å²) in [5, 5.41) is 0. The van der Waals surface area contributed by atoms with Gasteiger partial charge in [-0.1, -0.05) is 12.1 Å². The number of methoxy groups -OCH3 is 1. The van der Waals surface area contributed by atoms with Crippen molar-refractivity contribution in [3.63, 3.8) is 0 Å². The van der Waals surface area contributed by atoms with Crippen LogP contribution < -0.4 is 15.6 Å². The third-order valence-corrected chi connectivity index (χ3v) is 5.07. The van der Waals surface area contributed by atoms with Gasteiger partial charge in [0.2, 0.25) is 5.91 Å². The van der Waals surface area contributed by atoms with Crippen molar-refractivity contribution in [2.24, 2.45) is 5.92 Å². The number of nitrogens with zero attached hydrogens (tertiary/aromatic N) is 1. The molecule has 0 radical (unpaired) electrons. The van der Waals surface area contributed by atoms with Crippen LogP contribution >= 0.6 is 0 Å². The number of hydrogen-bond acceptors (Lipinski definition) is 6. The number of likely N-dealkylation sites (tertiary alicyclic amines) is 1. The topological polar surface area (TPSA) is 79.9 Å². The number of ether oxygens (including phenoxy) is 2. The molecule has 2 aliphatic rings. The molecular formula is C19H27N3O4. The lowest BCUT2D eigenvalue weighted by atomic mass is 9.96. The molecule has 142 valence electrons. The highest BCUT2D eigenvalue weighted by molar-refractivity contribution is 5.83. The van der Waals surface area contributed by atoms with Crippen LogP contribution in [-0.2, 0) is 14.3 Å². The summed E-state index contributed by atoms with van der Waals surface area (Å²) in [6.45, 7) is 3.32. The van der Waals surface area contributed by atoms with Gasteiger partial charge in [-0.2, -0.15) is 0 Å². The van der Waals surface area contributed by atoms with Crippen LogP contribution in [0.25, 0.3) is 0 Å². The largest absolute Gasteiger partial charge is 0.497 e. The van der Waals surface area contributed by atoms with Gasteiger partial charge in [0.15, 0.2) is 0 Å². The summed E-state index contributed by atoms with van der Waals surface area (Å²) in [7, 11) is 1.64. The van der Waals surface area contributed by atoms with E-state index in [9.17, 15) is 9.59 Å². The molecule has 1 aromatic carbocycles. The maximum atomic E-state index is 12.9. The van der Waals surface area contributed by atoms with Gasteiger partial charge in [-0.3, -0.25) is 9.59 Å². The Morgan fingerprint density at radius 1 is 1.23 bits per heavy atom. The van der Waals surface area contributed by atoms with Crippen LogP contribution in [-0.4, -0.2) is 49.6 Å². The summed E-state index contributed by atoms with van der Waals surface area (Å²) >= 11 is 0. The van der Waals surface area contributed by atoms with E-state index in [4.69, 9.17) is 9.47 Å². The first-order valence-electron chi connectivity index (χ1n) is 9.22. The molecule has 3 unspecified atom stereocenters. The number of hydrazine groups is 1. The summed E-state index contributed by atoms with van der Waals surface area (Å²) in [4.78, 5) is 26.6. The number of esters is 1. The number of benzene rings is 1. The van der Waals surface area contributed by atoms with E-state index in [1.165, 1.54) is 0 Å². The summed E-state index contributed by atoms with van der Waals surface area (Å²) in [5.41, 5.74) is 7.42. The zero-order valence-corrected chi connectivity index (χ0v) is 15.4. The molecular weight excluding hydrogens is 334 g/mol. The predicted octanol–water partition coefficient (Wildman–Crippen LogP) is 1.40. The van der Waals surface area contributed by atoms with E-state index < -0.39 is 0 Å². The molecule has 2 saturated heterocycles. The first kappa shape index (κ1) is 18.7. The Hall–Kier alpha value is -2.12. The number of rotatable bonds is 5. The third kappa shape index (κ3) is 4.16. The molecule has 7 heteroatoms. The number of carbonyl (C=O) groups excluding carboxylic acids is 2. The Morgan fingerprint density at radius 2 is 2.00 bits per heavy atom. The Kier molecular flexibility index (Phi) is 6.11. The Labute approximate surface area is 154 Å². The van der Waals surface area contributed by atoms with Crippen molar-refractivity contribution in [2.75, 3.05) is 26.8 Å². The first-order chi connectivity index (χ1) is 12.6. The van der Waals surface area contributed by atoms with Crippen LogP contribution in [0.3, 0.4) is 0 Å². The van der Waals surface area contributed by atoms with E-state index in [0.717, 1.165) is 24.2 Å². The predicted molar refractivity (Wildman–Crippen MR) is 96.3 cm³/mol. The molecule has 0 bridgehead atoms. The van der Waals surface area contributed by atoms with Gasteiger partial charge in [-0.15, -0.1) is 0 Å². The summed E-state index contributed by atoms with van der Waals surface area (Å²) in [6, 6.07) is 7.62. The van der Waals surface area contributed by atoms with Gasteiger partial charge in [0, 0.05) is 19.1 Å². The fourth-order valence-corrected chi connectivity index (χ4v) is 3.62. The maximum absolute atomic E-state index is 12.9. The van der Waals surface area contributed by atoms with Crippen molar-refractivity contribution in [2.45, 2.75) is 38.3 Å². The normalized spacial score (nSPS) is 25.8. The highest BCUT2D eigenvalue weighted by Gasteiger charge is 2.36. The van der Waals surface area contributed by atoms with Crippen LogP contribution in [0.2, 0.25) is 0 Å². The second kappa shape index (κ2) is 8.51. The van der Waals surface area contributed by atoms with E-state index in [1.807, 2.05) is 24.3 Å². The van der Waals surface area contributed by atoms with Gasteiger partial charge in [0.05, 0.1) is 19.6 Å². The maximum Gasteiger partial charge on any atom is 0.310 e. The number of nitrogens with one attached hydrogen (secondary N) is 2. The number of hydrogen-bond donors (Lipinski definition) is 2. The van der Waals surface area contributed by atoms with Gasteiger partial charge in [-0.05, 0) is 43.9 Å². The highest BCUT2D eigenvalue weighted by Crippen LogP contribution is 2.26. The van der Waals surface area contributed by atoms with E-state index in [2.05, 4.69) is 10.9 Å².